The molecule has 0 atom stereocenters. The summed E-state index contributed by atoms with van der Waals surface area (Å²) in [6, 6.07) is 4.56. The highest BCUT2D eigenvalue weighted by Gasteiger charge is 2.15. The van der Waals surface area contributed by atoms with Gasteiger partial charge in [0.2, 0.25) is 5.91 Å². The number of aromatic carboxylic acids is 1. The zero-order chi connectivity index (χ0) is 15.6. The summed E-state index contributed by atoms with van der Waals surface area (Å²) in [5, 5.41) is 9.13. The second-order valence-corrected chi connectivity index (χ2v) is 4.58. The highest BCUT2D eigenvalue weighted by Crippen LogP contribution is 2.31. The smallest absolute Gasteiger partial charge is 0.339 e. The van der Waals surface area contributed by atoms with E-state index in [-0.39, 0.29) is 11.3 Å². The molecule has 0 saturated carbocycles. The molecule has 6 heteroatoms. The van der Waals surface area contributed by atoms with Gasteiger partial charge in [0, 0.05) is 11.8 Å². The van der Waals surface area contributed by atoms with Crippen LogP contribution >= 0.6 is 0 Å². The number of hydrogen-bond donors (Lipinski definition) is 2. The lowest BCUT2D eigenvalue weighted by atomic mass is 10.1. The molecule has 6 nitrogen and oxygen atoms in total. The van der Waals surface area contributed by atoms with Crippen LogP contribution in [0.15, 0.2) is 30.6 Å². The largest absolute Gasteiger partial charge is 0.478 e. The van der Waals surface area contributed by atoms with Gasteiger partial charge in [0.1, 0.15) is 11.3 Å². The molecule has 1 heterocycles. The van der Waals surface area contributed by atoms with Crippen molar-refractivity contribution in [1.29, 1.82) is 0 Å². The number of aryl methyl sites for hydroxylation is 2. The first-order valence-corrected chi connectivity index (χ1v) is 6.16. The number of carboxylic acids is 1. The van der Waals surface area contributed by atoms with E-state index in [1.807, 2.05) is 0 Å². The Labute approximate surface area is 121 Å². The van der Waals surface area contributed by atoms with Gasteiger partial charge in [0.15, 0.2) is 5.75 Å². The highest BCUT2D eigenvalue weighted by molar-refractivity contribution is 5.93. The Morgan fingerprint density at radius 2 is 1.86 bits per heavy atom. The lowest BCUT2D eigenvalue weighted by molar-refractivity contribution is 0.0693. The first kappa shape index (κ1) is 14.5. The number of carboxylic acid groups (broad SMARTS) is 1. The number of aromatic nitrogens is 1. The maximum Gasteiger partial charge on any atom is 0.339 e. The zero-order valence-corrected chi connectivity index (χ0v) is 11.6. The fourth-order valence-corrected chi connectivity index (χ4v) is 2.00. The Hall–Kier alpha value is -2.89. The molecule has 2 aromatic rings. The van der Waals surface area contributed by atoms with Crippen LogP contribution in [0.5, 0.6) is 11.5 Å². The van der Waals surface area contributed by atoms with Crippen molar-refractivity contribution in [2.45, 2.75) is 13.8 Å². The average molecular weight is 286 g/mol. The number of primary amides is 1. The van der Waals surface area contributed by atoms with Crippen LogP contribution in [0.2, 0.25) is 0 Å². The maximum absolute atomic E-state index is 11.2. The van der Waals surface area contributed by atoms with Gasteiger partial charge in [-0.05, 0) is 43.2 Å². The second-order valence-electron chi connectivity index (χ2n) is 4.58. The number of carbonyl (C=O) groups is 2. The molecule has 0 aliphatic rings. The standard InChI is InChI=1S/C15H14N2O4/c1-8-5-10(14(16)18)6-9(2)13(8)21-12-7-17-4-3-11(12)15(19)20/h3-7H,1-2H3,(H2,16,18)(H,19,20). The first-order chi connectivity index (χ1) is 9.90. The van der Waals surface area contributed by atoms with Crippen LogP contribution in [0.25, 0.3) is 0 Å². The SMILES string of the molecule is Cc1cc(C(N)=O)cc(C)c1Oc1cnccc1C(=O)O. The van der Waals surface area contributed by atoms with E-state index < -0.39 is 11.9 Å². The molecule has 0 saturated heterocycles. The predicted octanol–water partition coefficient (Wildman–Crippen LogP) is 2.29. The monoisotopic (exact) mass is 286 g/mol. The maximum atomic E-state index is 11.2. The van der Waals surface area contributed by atoms with Crippen LogP contribution in [0.3, 0.4) is 0 Å². The zero-order valence-electron chi connectivity index (χ0n) is 11.6. The molecular weight excluding hydrogens is 272 g/mol. The summed E-state index contributed by atoms with van der Waals surface area (Å²) in [7, 11) is 0. The highest BCUT2D eigenvalue weighted by atomic mass is 16.5. The Morgan fingerprint density at radius 3 is 2.38 bits per heavy atom. The Bertz CT molecular complexity index is 702. The third-order valence-corrected chi connectivity index (χ3v) is 2.97. The predicted molar refractivity (Wildman–Crippen MR) is 75.7 cm³/mol. The van der Waals surface area contributed by atoms with Gasteiger partial charge in [-0.3, -0.25) is 9.78 Å². The van der Waals surface area contributed by atoms with Crippen molar-refractivity contribution in [2.75, 3.05) is 0 Å². The molecule has 0 spiro atoms. The summed E-state index contributed by atoms with van der Waals surface area (Å²) in [5.74, 6) is -1.00. The van der Waals surface area contributed by atoms with Crippen molar-refractivity contribution in [1.82, 2.24) is 4.98 Å². The van der Waals surface area contributed by atoms with Gasteiger partial charge in [0.05, 0.1) is 6.20 Å². The number of ether oxygens (including phenoxy) is 1. The normalized spacial score (nSPS) is 10.2. The van der Waals surface area contributed by atoms with Crippen LogP contribution in [-0.4, -0.2) is 22.0 Å². The van der Waals surface area contributed by atoms with Gasteiger partial charge in [-0.25, -0.2) is 4.79 Å². The molecule has 0 aliphatic carbocycles. The molecule has 21 heavy (non-hydrogen) atoms. The van der Waals surface area contributed by atoms with E-state index in [1.165, 1.54) is 18.5 Å². The van der Waals surface area contributed by atoms with Gasteiger partial charge in [-0.1, -0.05) is 0 Å². The van der Waals surface area contributed by atoms with E-state index in [1.54, 1.807) is 26.0 Å². The number of carbonyl (C=O) groups excluding carboxylic acids is 1. The molecule has 0 fully saturated rings. The number of hydrogen-bond acceptors (Lipinski definition) is 4. The quantitative estimate of drug-likeness (QED) is 0.897. The summed E-state index contributed by atoms with van der Waals surface area (Å²) < 4.78 is 5.67. The molecule has 0 aliphatic heterocycles. The van der Waals surface area contributed by atoms with Gasteiger partial charge in [-0.2, -0.15) is 0 Å². The van der Waals surface area contributed by atoms with Crippen molar-refractivity contribution in [3.63, 3.8) is 0 Å². The van der Waals surface area contributed by atoms with Crippen molar-refractivity contribution >= 4 is 11.9 Å². The van der Waals surface area contributed by atoms with Gasteiger partial charge in [-0.15, -0.1) is 0 Å². The minimum Gasteiger partial charge on any atom is -0.478 e. The Kier molecular flexibility index (Phi) is 3.89. The van der Waals surface area contributed by atoms with Gasteiger partial charge < -0.3 is 15.6 Å². The Balaban J connectivity index is 2.46. The third-order valence-electron chi connectivity index (χ3n) is 2.97. The number of amides is 1. The third kappa shape index (κ3) is 3.00. The van der Waals surface area contributed by atoms with Crippen molar-refractivity contribution in [2.24, 2.45) is 5.73 Å². The van der Waals surface area contributed by atoms with E-state index >= 15 is 0 Å². The van der Waals surface area contributed by atoms with E-state index in [4.69, 9.17) is 15.6 Å². The number of nitrogens with zero attached hydrogens (tertiary/aromatic N) is 1. The molecular formula is C15H14N2O4. The summed E-state index contributed by atoms with van der Waals surface area (Å²) in [6.07, 6.45) is 2.72. The van der Waals surface area contributed by atoms with Gasteiger partial charge >= 0.3 is 5.97 Å². The molecule has 0 unspecified atom stereocenters. The van der Waals surface area contributed by atoms with E-state index in [0.29, 0.717) is 22.4 Å². The molecule has 1 aromatic heterocycles. The fraction of sp³-hybridized carbons (Fsp3) is 0.133. The average Bonchev–Trinajstić information content (AvgIpc) is 2.42. The summed E-state index contributed by atoms with van der Waals surface area (Å²) in [5.41, 5.74) is 7.01. The number of benzene rings is 1. The van der Waals surface area contributed by atoms with Crippen LogP contribution < -0.4 is 10.5 Å². The summed E-state index contributed by atoms with van der Waals surface area (Å²) >= 11 is 0. The molecule has 1 amide bonds. The fourth-order valence-electron chi connectivity index (χ4n) is 2.00. The van der Waals surface area contributed by atoms with E-state index in [9.17, 15) is 9.59 Å². The topological polar surface area (TPSA) is 103 Å². The molecule has 2 rings (SSSR count). The molecule has 0 bridgehead atoms. The number of rotatable bonds is 4. The lowest BCUT2D eigenvalue weighted by Crippen LogP contribution is -2.11. The summed E-state index contributed by atoms with van der Waals surface area (Å²) in [4.78, 5) is 26.2. The van der Waals surface area contributed by atoms with Crippen LogP contribution in [0.4, 0.5) is 0 Å². The molecule has 1 aromatic carbocycles. The van der Waals surface area contributed by atoms with Crippen LogP contribution in [-0.2, 0) is 0 Å². The van der Waals surface area contributed by atoms with Crippen molar-refractivity contribution in [3.8, 4) is 11.5 Å². The molecule has 108 valence electrons. The van der Waals surface area contributed by atoms with E-state index in [2.05, 4.69) is 4.98 Å². The minimum atomic E-state index is -1.10. The first-order valence-electron chi connectivity index (χ1n) is 6.16. The van der Waals surface area contributed by atoms with Crippen molar-refractivity contribution < 1.29 is 19.4 Å². The van der Waals surface area contributed by atoms with Gasteiger partial charge in [0.25, 0.3) is 0 Å². The summed E-state index contributed by atoms with van der Waals surface area (Å²) in [6.45, 7) is 3.51. The number of pyridine rings is 1. The Morgan fingerprint density at radius 1 is 1.24 bits per heavy atom. The molecule has 0 radical (unpaired) electrons. The van der Waals surface area contributed by atoms with Crippen molar-refractivity contribution in [3.05, 3.63) is 52.8 Å². The second kappa shape index (κ2) is 5.62. The van der Waals surface area contributed by atoms with Crippen LogP contribution in [0.1, 0.15) is 31.8 Å². The van der Waals surface area contributed by atoms with E-state index in [0.717, 1.165) is 0 Å². The number of nitrogens with two attached hydrogens (primary N) is 1. The minimum absolute atomic E-state index is 0.0165. The lowest BCUT2D eigenvalue weighted by Gasteiger charge is -2.14. The molecule has 3 N–H and O–H groups in total. The van der Waals surface area contributed by atoms with Crippen LogP contribution in [0, 0.1) is 13.8 Å².